The molecule has 3 rings (SSSR count). The minimum Gasteiger partial charge on any atom is -0.368 e. The number of nitrogens with zero attached hydrogens (tertiary/aromatic N) is 4. The van der Waals surface area contributed by atoms with Crippen molar-refractivity contribution in [3.8, 4) is 0 Å². The number of rotatable bonds is 3. The van der Waals surface area contributed by atoms with Crippen LogP contribution in [0.25, 0.3) is 0 Å². The SMILES string of the molecule is Cc1cccc(N2CCN(c3ccc([N+](=O)[O-])c(C)n3)CC2)c1. The molecular weight excluding hydrogens is 292 g/mol. The molecule has 6 heteroatoms. The first kappa shape index (κ1) is 15.3. The summed E-state index contributed by atoms with van der Waals surface area (Å²) in [5, 5.41) is 10.9. The highest BCUT2D eigenvalue weighted by Gasteiger charge is 2.20. The molecule has 0 unspecified atom stereocenters. The van der Waals surface area contributed by atoms with Crippen LogP contribution in [0.4, 0.5) is 17.2 Å². The maximum Gasteiger partial charge on any atom is 0.290 e. The van der Waals surface area contributed by atoms with E-state index in [1.807, 2.05) is 0 Å². The third-order valence-corrected chi connectivity index (χ3v) is 4.21. The number of piperazine rings is 1. The molecule has 2 aromatic rings. The Bertz CT molecular complexity index is 724. The van der Waals surface area contributed by atoms with Crippen LogP contribution in [0.2, 0.25) is 0 Å². The lowest BCUT2D eigenvalue weighted by molar-refractivity contribution is -0.385. The van der Waals surface area contributed by atoms with Gasteiger partial charge in [0.05, 0.1) is 4.92 Å². The van der Waals surface area contributed by atoms with Crippen LogP contribution in [0.3, 0.4) is 0 Å². The molecule has 0 saturated carbocycles. The van der Waals surface area contributed by atoms with Crippen molar-refractivity contribution in [1.82, 2.24) is 4.98 Å². The second kappa shape index (κ2) is 6.24. The van der Waals surface area contributed by atoms with Crippen molar-refractivity contribution in [1.29, 1.82) is 0 Å². The smallest absolute Gasteiger partial charge is 0.290 e. The summed E-state index contributed by atoms with van der Waals surface area (Å²) >= 11 is 0. The average Bonchev–Trinajstić information content (AvgIpc) is 2.54. The molecule has 0 amide bonds. The van der Waals surface area contributed by atoms with E-state index in [1.54, 1.807) is 19.1 Å². The maximum atomic E-state index is 10.9. The number of pyridine rings is 1. The van der Waals surface area contributed by atoms with Gasteiger partial charge in [-0.2, -0.15) is 0 Å². The Balaban J connectivity index is 1.69. The van der Waals surface area contributed by atoms with E-state index in [0.29, 0.717) is 5.69 Å². The Morgan fingerprint density at radius 1 is 1.04 bits per heavy atom. The first-order valence-electron chi connectivity index (χ1n) is 7.73. The Morgan fingerprint density at radius 3 is 2.35 bits per heavy atom. The van der Waals surface area contributed by atoms with Crippen molar-refractivity contribution in [3.63, 3.8) is 0 Å². The van der Waals surface area contributed by atoms with Gasteiger partial charge < -0.3 is 9.80 Å². The number of aromatic nitrogens is 1. The zero-order valence-electron chi connectivity index (χ0n) is 13.4. The minimum absolute atomic E-state index is 0.0761. The van der Waals surface area contributed by atoms with Crippen LogP contribution in [0.15, 0.2) is 36.4 Å². The topological polar surface area (TPSA) is 62.5 Å². The van der Waals surface area contributed by atoms with Gasteiger partial charge in [0.1, 0.15) is 11.5 Å². The normalized spacial score (nSPS) is 14.9. The lowest BCUT2D eigenvalue weighted by atomic mass is 10.2. The predicted octanol–water partition coefficient (Wildman–Crippen LogP) is 2.93. The van der Waals surface area contributed by atoms with E-state index in [2.05, 4.69) is 46.0 Å². The molecule has 0 aliphatic carbocycles. The van der Waals surface area contributed by atoms with Crippen LogP contribution in [-0.2, 0) is 0 Å². The molecule has 0 atom stereocenters. The summed E-state index contributed by atoms with van der Waals surface area (Å²) < 4.78 is 0. The van der Waals surface area contributed by atoms with Gasteiger partial charge >= 0.3 is 0 Å². The summed E-state index contributed by atoms with van der Waals surface area (Å²) in [6.07, 6.45) is 0. The van der Waals surface area contributed by atoms with Crippen LogP contribution < -0.4 is 9.80 Å². The van der Waals surface area contributed by atoms with E-state index in [4.69, 9.17) is 0 Å². The van der Waals surface area contributed by atoms with Gasteiger partial charge in [-0.1, -0.05) is 12.1 Å². The van der Waals surface area contributed by atoms with E-state index in [1.165, 1.54) is 11.3 Å². The minimum atomic E-state index is -0.387. The summed E-state index contributed by atoms with van der Waals surface area (Å²) in [6.45, 7) is 7.34. The zero-order valence-corrected chi connectivity index (χ0v) is 13.4. The molecule has 6 nitrogen and oxygen atoms in total. The highest BCUT2D eigenvalue weighted by atomic mass is 16.6. The Morgan fingerprint density at radius 2 is 1.74 bits per heavy atom. The van der Waals surface area contributed by atoms with Gasteiger partial charge in [0.15, 0.2) is 0 Å². The monoisotopic (exact) mass is 312 g/mol. The molecule has 1 aromatic heterocycles. The number of hydrogen-bond donors (Lipinski definition) is 0. The summed E-state index contributed by atoms with van der Waals surface area (Å²) in [5.41, 5.74) is 3.05. The molecule has 1 fully saturated rings. The summed E-state index contributed by atoms with van der Waals surface area (Å²) in [5.74, 6) is 0.817. The number of anilines is 2. The fourth-order valence-corrected chi connectivity index (χ4v) is 2.93. The Labute approximate surface area is 135 Å². The van der Waals surface area contributed by atoms with E-state index < -0.39 is 0 Å². The van der Waals surface area contributed by atoms with Crippen molar-refractivity contribution in [2.45, 2.75) is 13.8 Å². The van der Waals surface area contributed by atoms with E-state index in [-0.39, 0.29) is 10.6 Å². The highest BCUT2D eigenvalue weighted by Crippen LogP contribution is 2.23. The largest absolute Gasteiger partial charge is 0.368 e. The summed E-state index contributed by atoms with van der Waals surface area (Å²) in [6, 6.07) is 11.8. The van der Waals surface area contributed by atoms with Crippen LogP contribution >= 0.6 is 0 Å². The number of nitro groups is 1. The molecule has 1 aliphatic heterocycles. The number of hydrogen-bond acceptors (Lipinski definition) is 5. The van der Waals surface area contributed by atoms with Crippen molar-refractivity contribution in [3.05, 3.63) is 57.8 Å². The van der Waals surface area contributed by atoms with Crippen molar-refractivity contribution >= 4 is 17.2 Å². The van der Waals surface area contributed by atoms with Crippen molar-refractivity contribution < 1.29 is 4.92 Å². The second-order valence-electron chi connectivity index (χ2n) is 5.84. The quantitative estimate of drug-likeness (QED) is 0.644. The van der Waals surface area contributed by atoms with Crippen LogP contribution in [0.1, 0.15) is 11.3 Å². The van der Waals surface area contributed by atoms with E-state index in [0.717, 1.165) is 32.0 Å². The van der Waals surface area contributed by atoms with Crippen LogP contribution in [-0.4, -0.2) is 36.1 Å². The van der Waals surface area contributed by atoms with Crippen LogP contribution in [0, 0.1) is 24.0 Å². The lowest BCUT2D eigenvalue weighted by Crippen LogP contribution is -2.46. The molecule has 120 valence electrons. The molecular formula is C17H20N4O2. The molecule has 1 aromatic carbocycles. The summed E-state index contributed by atoms with van der Waals surface area (Å²) in [7, 11) is 0. The first-order chi connectivity index (χ1) is 11.0. The highest BCUT2D eigenvalue weighted by molar-refractivity contribution is 5.52. The predicted molar refractivity (Wildman–Crippen MR) is 91.2 cm³/mol. The molecule has 1 aliphatic rings. The zero-order chi connectivity index (χ0) is 16.4. The van der Waals surface area contributed by atoms with E-state index in [9.17, 15) is 10.1 Å². The van der Waals surface area contributed by atoms with Gasteiger partial charge in [-0.3, -0.25) is 10.1 Å². The first-order valence-corrected chi connectivity index (χ1v) is 7.73. The van der Waals surface area contributed by atoms with E-state index >= 15 is 0 Å². The maximum absolute atomic E-state index is 10.9. The molecule has 0 bridgehead atoms. The molecule has 0 spiro atoms. The number of aryl methyl sites for hydroxylation is 2. The fourth-order valence-electron chi connectivity index (χ4n) is 2.93. The Kier molecular flexibility index (Phi) is 4.14. The second-order valence-corrected chi connectivity index (χ2v) is 5.84. The standard InChI is InChI=1S/C17H20N4O2/c1-13-4-3-5-15(12-13)19-8-10-20(11-9-19)17-7-6-16(21(22)23)14(2)18-17/h3-7,12H,8-11H2,1-2H3. The third-order valence-electron chi connectivity index (χ3n) is 4.21. The number of benzene rings is 1. The van der Waals surface area contributed by atoms with Crippen molar-refractivity contribution in [2.24, 2.45) is 0 Å². The van der Waals surface area contributed by atoms with Gasteiger partial charge in [-0.25, -0.2) is 4.98 Å². The van der Waals surface area contributed by atoms with Crippen molar-refractivity contribution in [2.75, 3.05) is 36.0 Å². The van der Waals surface area contributed by atoms with Crippen LogP contribution in [0.5, 0.6) is 0 Å². The third kappa shape index (κ3) is 3.26. The van der Waals surface area contributed by atoms with Gasteiger partial charge in [-0.15, -0.1) is 0 Å². The van der Waals surface area contributed by atoms with Gasteiger partial charge in [-0.05, 0) is 37.6 Å². The summed E-state index contributed by atoms with van der Waals surface area (Å²) in [4.78, 5) is 19.4. The molecule has 0 radical (unpaired) electrons. The average molecular weight is 312 g/mol. The molecule has 2 heterocycles. The fraction of sp³-hybridized carbons (Fsp3) is 0.353. The lowest BCUT2D eigenvalue weighted by Gasteiger charge is -2.36. The van der Waals surface area contributed by atoms with Gasteiger partial charge in [0, 0.05) is 37.9 Å². The molecule has 23 heavy (non-hydrogen) atoms. The Hall–Kier alpha value is -2.63. The van der Waals surface area contributed by atoms with Gasteiger partial charge in [0.25, 0.3) is 5.69 Å². The molecule has 0 N–H and O–H groups in total. The van der Waals surface area contributed by atoms with Gasteiger partial charge in [0.2, 0.25) is 0 Å². The molecule has 1 saturated heterocycles.